The van der Waals surface area contributed by atoms with Crippen molar-refractivity contribution < 1.29 is 9.66 Å². The van der Waals surface area contributed by atoms with Gasteiger partial charge in [0.1, 0.15) is 0 Å². The van der Waals surface area contributed by atoms with Crippen molar-refractivity contribution in [1.82, 2.24) is 4.98 Å². The van der Waals surface area contributed by atoms with Crippen LogP contribution in [0.25, 0.3) is 0 Å². The Morgan fingerprint density at radius 2 is 2.55 bits per heavy atom. The predicted molar refractivity (Wildman–Crippen MR) is 36.3 cm³/mol. The summed E-state index contributed by atoms with van der Waals surface area (Å²) in [6, 6.07) is 2.89. The van der Waals surface area contributed by atoms with E-state index >= 15 is 0 Å². The number of ether oxygens (including phenoxy) is 1. The van der Waals surface area contributed by atoms with Crippen LogP contribution in [0.3, 0.4) is 0 Å². The molecule has 0 aliphatic carbocycles. The Hall–Kier alpha value is -1.65. The van der Waals surface area contributed by atoms with Crippen molar-refractivity contribution in [3.05, 3.63) is 28.4 Å². The lowest BCUT2D eigenvalue weighted by molar-refractivity contribution is -0.390. The first kappa shape index (κ1) is 7.46. The smallest absolute Gasteiger partial charge is 0.406 e. The van der Waals surface area contributed by atoms with Crippen LogP contribution in [0.5, 0.6) is 5.75 Å². The predicted octanol–water partition coefficient (Wildman–Crippen LogP) is 0.799. The molecular weight excluding hydrogens is 148 g/mol. The van der Waals surface area contributed by atoms with Gasteiger partial charge in [-0.1, -0.05) is 0 Å². The molecule has 0 aromatic carbocycles. The molecular formula is C6H5N2O3. The highest BCUT2D eigenvalue weighted by Gasteiger charge is 2.13. The van der Waals surface area contributed by atoms with E-state index in [1.54, 1.807) is 0 Å². The molecule has 0 aliphatic rings. The zero-order valence-corrected chi connectivity index (χ0v) is 5.77. The molecule has 0 amide bonds. The largest absolute Gasteiger partial charge is 0.489 e. The molecule has 0 N–H and O–H groups in total. The molecule has 0 saturated heterocycles. The quantitative estimate of drug-likeness (QED) is 0.465. The van der Waals surface area contributed by atoms with Crippen LogP contribution < -0.4 is 4.74 Å². The molecule has 0 atom stereocenters. The summed E-state index contributed by atoms with van der Waals surface area (Å²) >= 11 is 0. The minimum Gasteiger partial charge on any atom is -0.489 e. The Morgan fingerprint density at radius 3 is 3.00 bits per heavy atom. The fourth-order valence-corrected chi connectivity index (χ4v) is 0.631. The third-order valence-electron chi connectivity index (χ3n) is 1.09. The molecule has 0 aliphatic heterocycles. The summed E-state index contributed by atoms with van der Waals surface area (Å²) in [6.45, 7) is 0. The number of hydrogen-bond donors (Lipinski definition) is 0. The Balaban J connectivity index is 3.12. The van der Waals surface area contributed by atoms with Gasteiger partial charge < -0.3 is 14.9 Å². The normalized spacial score (nSPS) is 9.18. The summed E-state index contributed by atoms with van der Waals surface area (Å²) in [5.74, 6) is -0.163. The van der Waals surface area contributed by atoms with Crippen molar-refractivity contribution in [2.75, 3.05) is 7.11 Å². The molecule has 1 rings (SSSR count). The molecule has 0 spiro atoms. The summed E-state index contributed by atoms with van der Waals surface area (Å²) in [4.78, 5) is 13.0. The molecule has 1 heterocycles. The van der Waals surface area contributed by atoms with E-state index in [2.05, 4.69) is 15.9 Å². The molecule has 1 aromatic rings. The van der Waals surface area contributed by atoms with E-state index in [1.807, 2.05) is 0 Å². The number of methoxy groups -OCH3 is 1. The molecule has 0 saturated carbocycles. The second-order valence-corrected chi connectivity index (χ2v) is 1.72. The Bertz CT molecular complexity index is 274. The Kier molecular flexibility index (Phi) is 2.00. The minimum atomic E-state index is -0.616. The average Bonchev–Trinajstić information content (AvgIpc) is 2.04. The Labute approximate surface area is 62.8 Å². The second kappa shape index (κ2) is 2.96. The van der Waals surface area contributed by atoms with Crippen molar-refractivity contribution in [3.63, 3.8) is 0 Å². The number of nitro groups is 1. The second-order valence-electron chi connectivity index (χ2n) is 1.72. The first-order chi connectivity index (χ1) is 5.25. The van der Waals surface area contributed by atoms with Gasteiger partial charge in [-0.25, -0.2) is 0 Å². The summed E-state index contributed by atoms with van der Waals surface area (Å²) in [7, 11) is 1.35. The molecule has 0 fully saturated rings. The lowest BCUT2D eigenvalue weighted by Gasteiger charge is -1.97. The van der Waals surface area contributed by atoms with E-state index in [0.717, 1.165) is 0 Å². The van der Waals surface area contributed by atoms with Gasteiger partial charge in [-0.3, -0.25) is 0 Å². The summed E-state index contributed by atoms with van der Waals surface area (Å²) < 4.78 is 4.68. The Morgan fingerprint density at radius 1 is 1.82 bits per heavy atom. The monoisotopic (exact) mass is 153 g/mol. The van der Waals surface area contributed by atoms with Gasteiger partial charge in [0, 0.05) is 0 Å². The van der Waals surface area contributed by atoms with Gasteiger partial charge in [-0.15, -0.1) is 0 Å². The number of pyridine rings is 1. The lowest BCUT2D eigenvalue weighted by atomic mass is 10.4. The lowest BCUT2D eigenvalue weighted by Crippen LogP contribution is -1.95. The van der Waals surface area contributed by atoms with Crippen molar-refractivity contribution in [1.29, 1.82) is 0 Å². The average molecular weight is 153 g/mol. The van der Waals surface area contributed by atoms with Crippen LogP contribution in [0, 0.1) is 16.3 Å². The van der Waals surface area contributed by atoms with E-state index < -0.39 is 4.92 Å². The molecule has 5 heteroatoms. The molecule has 0 unspecified atom stereocenters. The van der Waals surface area contributed by atoms with Crippen LogP contribution in [0.4, 0.5) is 5.82 Å². The number of rotatable bonds is 2. The molecule has 5 nitrogen and oxygen atoms in total. The molecule has 1 aromatic heterocycles. The van der Waals surface area contributed by atoms with Gasteiger partial charge in [0.2, 0.25) is 11.9 Å². The zero-order chi connectivity index (χ0) is 8.27. The third kappa shape index (κ3) is 1.43. The first-order valence-electron chi connectivity index (χ1n) is 2.81. The molecule has 1 radical (unpaired) electrons. The summed E-state index contributed by atoms with van der Waals surface area (Å²) in [6.07, 6.45) is 2.35. The molecule has 57 valence electrons. The van der Waals surface area contributed by atoms with Gasteiger partial charge in [0.25, 0.3) is 0 Å². The zero-order valence-electron chi connectivity index (χ0n) is 5.77. The van der Waals surface area contributed by atoms with Crippen LogP contribution in [-0.2, 0) is 0 Å². The highest BCUT2D eigenvalue weighted by Crippen LogP contribution is 2.21. The van der Waals surface area contributed by atoms with Gasteiger partial charge in [-0.05, 0) is 22.0 Å². The number of hydrogen-bond acceptors (Lipinski definition) is 4. The van der Waals surface area contributed by atoms with Crippen molar-refractivity contribution in [2.45, 2.75) is 0 Å². The topological polar surface area (TPSA) is 65.3 Å². The summed E-state index contributed by atoms with van der Waals surface area (Å²) in [5, 5.41) is 10.2. The fraction of sp³-hybridized carbons (Fsp3) is 0.167. The maximum atomic E-state index is 10.2. The van der Waals surface area contributed by atoms with Crippen molar-refractivity contribution in [2.24, 2.45) is 0 Å². The van der Waals surface area contributed by atoms with E-state index in [4.69, 9.17) is 0 Å². The highest BCUT2D eigenvalue weighted by molar-refractivity contribution is 5.37. The van der Waals surface area contributed by atoms with E-state index in [9.17, 15) is 10.1 Å². The third-order valence-corrected chi connectivity index (χ3v) is 1.09. The van der Waals surface area contributed by atoms with Crippen molar-refractivity contribution in [3.8, 4) is 5.75 Å². The first-order valence-corrected chi connectivity index (χ1v) is 2.81. The van der Waals surface area contributed by atoms with Crippen LogP contribution in [-0.4, -0.2) is 17.0 Å². The van der Waals surface area contributed by atoms with Gasteiger partial charge in [0.15, 0.2) is 0 Å². The fourth-order valence-electron chi connectivity index (χ4n) is 0.631. The van der Waals surface area contributed by atoms with Crippen molar-refractivity contribution >= 4 is 5.82 Å². The van der Waals surface area contributed by atoms with Crippen LogP contribution in [0.2, 0.25) is 0 Å². The highest BCUT2D eigenvalue weighted by atomic mass is 16.6. The SMILES string of the molecule is COc1cc[c]nc1[N+](=O)[O-]. The maximum Gasteiger partial charge on any atom is 0.406 e. The van der Waals surface area contributed by atoms with E-state index in [-0.39, 0.29) is 11.6 Å². The minimum absolute atomic E-state index is 0.147. The van der Waals surface area contributed by atoms with Gasteiger partial charge in [-0.2, -0.15) is 0 Å². The molecule has 0 bridgehead atoms. The van der Waals surface area contributed by atoms with Crippen LogP contribution in [0.1, 0.15) is 0 Å². The van der Waals surface area contributed by atoms with Crippen LogP contribution >= 0.6 is 0 Å². The number of aromatic nitrogens is 1. The van der Waals surface area contributed by atoms with E-state index in [1.165, 1.54) is 19.2 Å². The van der Waals surface area contributed by atoms with Gasteiger partial charge in [0.05, 0.1) is 7.11 Å². The number of nitrogens with zero attached hydrogens (tertiary/aromatic N) is 2. The molecule has 11 heavy (non-hydrogen) atoms. The van der Waals surface area contributed by atoms with Crippen LogP contribution in [0.15, 0.2) is 12.1 Å². The van der Waals surface area contributed by atoms with E-state index in [0.29, 0.717) is 0 Å². The maximum absolute atomic E-state index is 10.2. The standard InChI is InChI=1S/C6H5N2O3/c1-11-5-3-2-4-7-6(5)8(9)10/h2-3H,1H3. The van der Waals surface area contributed by atoms with Gasteiger partial charge >= 0.3 is 5.82 Å². The summed E-state index contributed by atoms with van der Waals surface area (Å²) in [5.41, 5.74) is 0.